The molecule has 0 bridgehead atoms. The highest BCUT2D eigenvalue weighted by Crippen LogP contribution is 2.28. The predicted molar refractivity (Wildman–Crippen MR) is 66.0 cm³/mol. The fourth-order valence-corrected chi connectivity index (χ4v) is 2.34. The Hall–Kier alpha value is -1.18. The summed E-state index contributed by atoms with van der Waals surface area (Å²) >= 11 is 0. The Morgan fingerprint density at radius 1 is 1.33 bits per heavy atom. The van der Waals surface area contributed by atoms with Crippen LogP contribution in [0.3, 0.4) is 0 Å². The molecule has 2 rings (SSSR count). The number of benzene rings is 1. The molecule has 1 aromatic carbocycles. The number of hydrogen-bond donors (Lipinski definition) is 2. The van der Waals surface area contributed by atoms with Crippen molar-refractivity contribution in [1.82, 2.24) is 0 Å². The van der Waals surface area contributed by atoms with Crippen molar-refractivity contribution in [3.8, 4) is 0 Å². The van der Waals surface area contributed by atoms with Gasteiger partial charge in [0.1, 0.15) is 0 Å². The number of rotatable bonds is 2. The lowest BCUT2D eigenvalue weighted by Crippen LogP contribution is -2.21. The van der Waals surface area contributed by atoms with Gasteiger partial charge in [-0.3, -0.25) is 0 Å². The Morgan fingerprint density at radius 3 is 2.73 bits per heavy atom. The standard InChI is InChI=1S/C13H20N2/c1-9-4-3-5-13(9)15-11-6-7-12(14)10(2)8-11/h6-9,13,15H,3-5,14H2,1-2H3. The lowest BCUT2D eigenvalue weighted by molar-refractivity contribution is 0.556. The van der Waals surface area contributed by atoms with E-state index in [2.05, 4.69) is 31.3 Å². The normalized spacial score (nSPS) is 25.5. The Kier molecular flexibility index (Phi) is 2.85. The number of nitrogen functional groups attached to an aromatic ring is 1. The molecule has 3 N–H and O–H groups in total. The van der Waals surface area contributed by atoms with Crippen molar-refractivity contribution in [3.63, 3.8) is 0 Å². The molecular formula is C13H20N2. The van der Waals surface area contributed by atoms with Crippen LogP contribution < -0.4 is 11.1 Å². The van der Waals surface area contributed by atoms with Crippen LogP contribution >= 0.6 is 0 Å². The van der Waals surface area contributed by atoms with Gasteiger partial charge in [0.05, 0.1) is 0 Å². The molecule has 0 radical (unpaired) electrons. The third-order valence-electron chi connectivity index (χ3n) is 3.48. The summed E-state index contributed by atoms with van der Waals surface area (Å²) < 4.78 is 0. The monoisotopic (exact) mass is 204 g/mol. The molecule has 0 spiro atoms. The fraction of sp³-hybridized carbons (Fsp3) is 0.538. The van der Waals surface area contributed by atoms with Crippen LogP contribution in [0, 0.1) is 12.8 Å². The van der Waals surface area contributed by atoms with Crippen LogP contribution in [-0.2, 0) is 0 Å². The molecule has 15 heavy (non-hydrogen) atoms. The summed E-state index contributed by atoms with van der Waals surface area (Å²) in [6.07, 6.45) is 4.00. The molecule has 0 heterocycles. The molecule has 2 heteroatoms. The third-order valence-corrected chi connectivity index (χ3v) is 3.48. The maximum absolute atomic E-state index is 5.80. The first-order chi connectivity index (χ1) is 7.16. The zero-order valence-corrected chi connectivity index (χ0v) is 9.59. The van der Waals surface area contributed by atoms with E-state index in [-0.39, 0.29) is 0 Å². The van der Waals surface area contributed by atoms with E-state index in [4.69, 9.17) is 5.73 Å². The molecule has 2 unspecified atom stereocenters. The first-order valence-corrected chi connectivity index (χ1v) is 5.79. The van der Waals surface area contributed by atoms with Crippen LogP contribution in [0.15, 0.2) is 18.2 Å². The van der Waals surface area contributed by atoms with Crippen molar-refractivity contribution in [3.05, 3.63) is 23.8 Å². The molecule has 1 aliphatic carbocycles. The van der Waals surface area contributed by atoms with Crippen molar-refractivity contribution in [1.29, 1.82) is 0 Å². The lowest BCUT2D eigenvalue weighted by atomic mass is 10.1. The molecule has 1 fully saturated rings. The molecule has 0 saturated heterocycles. The van der Waals surface area contributed by atoms with Crippen LogP contribution in [-0.4, -0.2) is 6.04 Å². The first kappa shape index (κ1) is 10.3. The molecule has 0 aromatic heterocycles. The molecule has 0 aliphatic heterocycles. The van der Waals surface area contributed by atoms with Crippen LogP contribution in [0.25, 0.3) is 0 Å². The van der Waals surface area contributed by atoms with Gasteiger partial charge < -0.3 is 11.1 Å². The number of nitrogens with one attached hydrogen (secondary N) is 1. The number of hydrogen-bond acceptors (Lipinski definition) is 2. The van der Waals surface area contributed by atoms with Crippen LogP contribution in [0.2, 0.25) is 0 Å². The Bertz CT molecular complexity index is 346. The summed E-state index contributed by atoms with van der Waals surface area (Å²) in [4.78, 5) is 0. The van der Waals surface area contributed by atoms with Gasteiger partial charge in [-0.05, 0) is 49.4 Å². The van der Waals surface area contributed by atoms with E-state index < -0.39 is 0 Å². The molecule has 1 aliphatic rings. The first-order valence-electron chi connectivity index (χ1n) is 5.79. The molecular weight excluding hydrogens is 184 g/mol. The van der Waals surface area contributed by atoms with Gasteiger partial charge >= 0.3 is 0 Å². The van der Waals surface area contributed by atoms with Crippen molar-refractivity contribution < 1.29 is 0 Å². The highest BCUT2D eigenvalue weighted by molar-refractivity contribution is 5.57. The molecule has 0 amide bonds. The predicted octanol–water partition coefficient (Wildman–Crippen LogP) is 3.18. The summed E-state index contributed by atoms with van der Waals surface area (Å²) in [5, 5.41) is 3.60. The maximum Gasteiger partial charge on any atom is 0.0346 e. The van der Waals surface area contributed by atoms with Crippen LogP contribution in [0.5, 0.6) is 0 Å². The van der Waals surface area contributed by atoms with Crippen molar-refractivity contribution in [2.45, 2.75) is 39.2 Å². The van der Waals surface area contributed by atoms with E-state index >= 15 is 0 Å². The SMILES string of the molecule is Cc1cc(NC2CCCC2C)ccc1N. The summed E-state index contributed by atoms with van der Waals surface area (Å²) in [7, 11) is 0. The molecule has 2 atom stereocenters. The van der Waals surface area contributed by atoms with Crippen molar-refractivity contribution >= 4 is 11.4 Å². The minimum absolute atomic E-state index is 0.646. The molecule has 2 nitrogen and oxygen atoms in total. The van der Waals surface area contributed by atoms with E-state index in [1.54, 1.807) is 0 Å². The van der Waals surface area contributed by atoms with Gasteiger partial charge in [0.2, 0.25) is 0 Å². The summed E-state index contributed by atoms with van der Waals surface area (Å²) in [6.45, 7) is 4.38. The van der Waals surface area contributed by atoms with Gasteiger partial charge in [-0.2, -0.15) is 0 Å². The second-order valence-corrected chi connectivity index (χ2v) is 4.73. The van der Waals surface area contributed by atoms with Gasteiger partial charge in [-0.25, -0.2) is 0 Å². The zero-order valence-electron chi connectivity index (χ0n) is 9.59. The van der Waals surface area contributed by atoms with Gasteiger partial charge in [0, 0.05) is 17.4 Å². The Labute approximate surface area is 91.9 Å². The Morgan fingerprint density at radius 2 is 2.13 bits per heavy atom. The number of nitrogens with two attached hydrogens (primary N) is 1. The van der Waals surface area contributed by atoms with Gasteiger partial charge in [-0.1, -0.05) is 13.3 Å². The molecule has 82 valence electrons. The van der Waals surface area contributed by atoms with E-state index in [0.29, 0.717) is 6.04 Å². The van der Waals surface area contributed by atoms with Crippen LogP contribution in [0.4, 0.5) is 11.4 Å². The smallest absolute Gasteiger partial charge is 0.0346 e. The van der Waals surface area contributed by atoms with Gasteiger partial charge in [0.15, 0.2) is 0 Å². The second-order valence-electron chi connectivity index (χ2n) is 4.73. The van der Waals surface area contributed by atoms with E-state index in [1.807, 2.05) is 6.07 Å². The summed E-state index contributed by atoms with van der Waals surface area (Å²) in [5.41, 5.74) is 9.04. The van der Waals surface area contributed by atoms with Crippen molar-refractivity contribution in [2.75, 3.05) is 11.1 Å². The summed E-state index contributed by atoms with van der Waals surface area (Å²) in [5.74, 6) is 0.794. The number of aryl methyl sites for hydroxylation is 1. The number of anilines is 2. The van der Waals surface area contributed by atoms with E-state index in [1.165, 1.54) is 24.9 Å². The van der Waals surface area contributed by atoms with E-state index in [9.17, 15) is 0 Å². The lowest BCUT2D eigenvalue weighted by Gasteiger charge is -2.19. The third kappa shape index (κ3) is 2.25. The maximum atomic E-state index is 5.80. The topological polar surface area (TPSA) is 38.0 Å². The largest absolute Gasteiger partial charge is 0.399 e. The Balaban J connectivity index is 2.07. The van der Waals surface area contributed by atoms with Gasteiger partial charge in [-0.15, -0.1) is 0 Å². The van der Waals surface area contributed by atoms with E-state index in [0.717, 1.165) is 17.2 Å². The highest BCUT2D eigenvalue weighted by Gasteiger charge is 2.22. The van der Waals surface area contributed by atoms with Crippen LogP contribution in [0.1, 0.15) is 31.7 Å². The zero-order chi connectivity index (χ0) is 10.8. The minimum Gasteiger partial charge on any atom is -0.399 e. The second kappa shape index (κ2) is 4.13. The fourth-order valence-electron chi connectivity index (χ4n) is 2.34. The van der Waals surface area contributed by atoms with Gasteiger partial charge in [0.25, 0.3) is 0 Å². The average Bonchev–Trinajstić information content (AvgIpc) is 2.59. The highest BCUT2D eigenvalue weighted by atomic mass is 14.9. The average molecular weight is 204 g/mol. The quantitative estimate of drug-likeness (QED) is 0.726. The summed E-state index contributed by atoms with van der Waals surface area (Å²) in [6, 6.07) is 6.85. The van der Waals surface area contributed by atoms with Crippen molar-refractivity contribution in [2.24, 2.45) is 5.92 Å². The molecule has 1 aromatic rings. The molecule has 1 saturated carbocycles. The minimum atomic E-state index is 0.646.